The van der Waals surface area contributed by atoms with Crippen molar-refractivity contribution < 1.29 is 9.84 Å². The van der Waals surface area contributed by atoms with Crippen molar-refractivity contribution in [2.45, 2.75) is 63.3 Å². The van der Waals surface area contributed by atoms with Crippen LogP contribution in [0, 0.1) is 0 Å². The number of nitrogens with zero attached hydrogens (tertiary/aromatic N) is 3. The van der Waals surface area contributed by atoms with Crippen molar-refractivity contribution in [1.29, 1.82) is 0 Å². The highest BCUT2D eigenvalue weighted by molar-refractivity contribution is 7.99. The second-order valence-corrected chi connectivity index (χ2v) is 8.95. The maximum Gasteiger partial charge on any atom is 0.329 e. The van der Waals surface area contributed by atoms with Crippen LogP contribution in [-0.2, 0) is 13.6 Å². The Morgan fingerprint density at radius 1 is 1.12 bits per heavy atom. The number of ether oxygens (including phenoxy) is 1. The van der Waals surface area contributed by atoms with Crippen molar-refractivity contribution in [1.82, 2.24) is 19.1 Å². The quantitative estimate of drug-likeness (QED) is 0.300. The molecule has 0 aliphatic heterocycles. The van der Waals surface area contributed by atoms with Gasteiger partial charge < -0.3 is 14.4 Å². The fourth-order valence-corrected chi connectivity index (χ4v) is 4.52. The van der Waals surface area contributed by atoms with E-state index in [9.17, 15) is 14.7 Å². The number of hydrogen-bond acceptors (Lipinski definition) is 6. The van der Waals surface area contributed by atoms with Crippen molar-refractivity contribution in [3.63, 3.8) is 0 Å². The summed E-state index contributed by atoms with van der Waals surface area (Å²) < 4.78 is 8.69. The van der Waals surface area contributed by atoms with Crippen LogP contribution in [-0.4, -0.2) is 42.7 Å². The van der Waals surface area contributed by atoms with Gasteiger partial charge in [0.05, 0.1) is 6.54 Å². The Balaban J connectivity index is 1.74. The third kappa shape index (κ3) is 6.26. The van der Waals surface area contributed by atoms with Crippen molar-refractivity contribution in [3.8, 4) is 5.75 Å². The summed E-state index contributed by atoms with van der Waals surface area (Å²) in [6, 6.07) is 9.26. The molecule has 0 saturated heterocycles. The molecule has 174 valence electrons. The van der Waals surface area contributed by atoms with Gasteiger partial charge in [0.2, 0.25) is 0 Å². The number of H-pyrrole nitrogens is 1. The van der Waals surface area contributed by atoms with E-state index < -0.39 is 17.4 Å². The lowest BCUT2D eigenvalue weighted by Gasteiger charge is -2.15. The zero-order valence-electron chi connectivity index (χ0n) is 18.7. The molecule has 0 bridgehead atoms. The molecule has 2 N–H and O–H groups in total. The summed E-state index contributed by atoms with van der Waals surface area (Å²) in [5.74, 6) is 1.53. The number of benzene rings is 1. The Hall–Kier alpha value is -2.52. The number of aliphatic hydroxyl groups is 1. The lowest BCUT2D eigenvalue weighted by atomic mass is 10.1. The largest absolute Gasteiger partial charge is 0.491 e. The van der Waals surface area contributed by atoms with Gasteiger partial charge in [-0.15, -0.1) is 0 Å². The van der Waals surface area contributed by atoms with Crippen LogP contribution in [0.15, 0.2) is 45.1 Å². The molecule has 0 saturated carbocycles. The van der Waals surface area contributed by atoms with Crippen molar-refractivity contribution in [2.75, 3.05) is 12.4 Å². The van der Waals surface area contributed by atoms with Gasteiger partial charge in [-0.05, 0) is 18.6 Å². The Kier molecular flexibility index (Phi) is 8.99. The van der Waals surface area contributed by atoms with Gasteiger partial charge in [0, 0.05) is 12.8 Å². The number of para-hydroxylation sites is 1. The summed E-state index contributed by atoms with van der Waals surface area (Å²) >= 11 is 1.55. The van der Waals surface area contributed by atoms with E-state index in [0.717, 1.165) is 18.6 Å². The minimum absolute atomic E-state index is 0.0783. The summed E-state index contributed by atoms with van der Waals surface area (Å²) in [6.07, 6.45) is 6.31. The Bertz CT molecular complexity index is 1110. The minimum Gasteiger partial charge on any atom is -0.491 e. The third-order valence-electron chi connectivity index (χ3n) is 5.28. The van der Waals surface area contributed by atoms with Crippen molar-refractivity contribution >= 4 is 22.9 Å². The van der Waals surface area contributed by atoms with Gasteiger partial charge >= 0.3 is 5.69 Å². The summed E-state index contributed by atoms with van der Waals surface area (Å²) in [6.45, 7) is 2.42. The number of aromatic amines is 1. The number of aromatic nitrogens is 4. The first-order valence-corrected chi connectivity index (χ1v) is 12.2. The number of fused-ring (bicyclic) bond motifs is 1. The molecule has 0 aliphatic carbocycles. The average molecular weight is 461 g/mol. The number of hydrogen-bond donors (Lipinski definition) is 2. The van der Waals surface area contributed by atoms with Gasteiger partial charge in [0.15, 0.2) is 16.3 Å². The third-order valence-corrected chi connectivity index (χ3v) is 6.34. The molecule has 2 heterocycles. The van der Waals surface area contributed by atoms with E-state index in [0.29, 0.717) is 16.6 Å². The van der Waals surface area contributed by atoms with E-state index in [1.807, 2.05) is 30.3 Å². The number of aliphatic hydroxyl groups excluding tert-OH is 1. The van der Waals surface area contributed by atoms with Crippen molar-refractivity contribution in [2.24, 2.45) is 7.05 Å². The molecular weight excluding hydrogens is 428 g/mol. The normalized spacial score (nSPS) is 12.3. The SMILES string of the molecule is CCCCCCCCSc1nc2c(c(=O)[nH]c(=O)n2C)n1CC(O)COc1ccccc1. The first-order valence-electron chi connectivity index (χ1n) is 11.2. The first-order chi connectivity index (χ1) is 15.5. The highest BCUT2D eigenvalue weighted by Gasteiger charge is 2.20. The summed E-state index contributed by atoms with van der Waals surface area (Å²) in [5.41, 5.74) is -0.401. The van der Waals surface area contributed by atoms with E-state index in [1.165, 1.54) is 30.3 Å². The molecule has 0 spiro atoms. The maximum absolute atomic E-state index is 12.6. The molecule has 3 aromatic rings. The molecule has 1 unspecified atom stereocenters. The second-order valence-electron chi connectivity index (χ2n) is 7.89. The smallest absolute Gasteiger partial charge is 0.329 e. The zero-order valence-corrected chi connectivity index (χ0v) is 19.6. The van der Waals surface area contributed by atoms with Crippen LogP contribution >= 0.6 is 11.8 Å². The number of nitrogens with one attached hydrogen (secondary N) is 1. The Morgan fingerprint density at radius 3 is 2.59 bits per heavy atom. The van der Waals surface area contributed by atoms with Crippen LogP contribution in [0.4, 0.5) is 0 Å². The Labute approximate surface area is 191 Å². The molecular formula is C23H32N4O4S. The lowest BCUT2D eigenvalue weighted by molar-refractivity contribution is 0.0914. The summed E-state index contributed by atoms with van der Waals surface area (Å²) in [7, 11) is 1.58. The van der Waals surface area contributed by atoms with Crippen LogP contribution in [0.1, 0.15) is 45.4 Å². The number of thioether (sulfide) groups is 1. The molecule has 3 rings (SSSR count). The topological polar surface area (TPSA) is 102 Å². The molecule has 1 atom stereocenters. The number of rotatable bonds is 13. The Morgan fingerprint density at radius 2 is 1.84 bits per heavy atom. The van der Waals surface area contributed by atoms with E-state index >= 15 is 0 Å². The summed E-state index contributed by atoms with van der Waals surface area (Å²) in [5, 5.41) is 11.2. The molecule has 32 heavy (non-hydrogen) atoms. The molecule has 0 fully saturated rings. The molecule has 1 aromatic carbocycles. The minimum atomic E-state index is -0.849. The molecule has 2 aromatic heterocycles. The lowest BCUT2D eigenvalue weighted by Crippen LogP contribution is -2.30. The molecule has 0 amide bonds. The van der Waals surface area contributed by atoms with E-state index in [2.05, 4.69) is 16.9 Å². The van der Waals surface area contributed by atoms with Crippen LogP contribution in [0.2, 0.25) is 0 Å². The van der Waals surface area contributed by atoms with Crippen LogP contribution < -0.4 is 16.0 Å². The van der Waals surface area contributed by atoms with Gasteiger partial charge in [-0.25, -0.2) is 9.78 Å². The molecule has 0 radical (unpaired) electrons. The predicted molar refractivity (Wildman–Crippen MR) is 128 cm³/mol. The van der Waals surface area contributed by atoms with Crippen molar-refractivity contribution in [3.05, 3.63) is 51.2 Å². The average Bonchev–Trinajstić information content (AvgIpc) is 3.15. The number of aryl methyl sites for hydroxylation is 1. The highest BCUT2D eigenvalue weighted by Crippen LogP contribution is 2.23. The molecule has 8 nitrogen and oxygen atoms in total. The van der Waals surface area contributed by atoms with Crippen LogP contribution in [0.5, 0.6) is 5.75 Å². The monoisotopic (exact) mass is 460 g/mol. The van der Waals surface area contributed by atoms with Gasteiger partial charge in [-0.1, -0.05) is 69.0 Å². The van der Waals surface area contributed by atoms with Crippen LogP contribution in [0.3, 0.4) is 0 Å². The number of imidazole rings is 1. The molecule has 9 heteroatoms. The fraction of sp³-hybridized carbons (Fsp3) is 0.522. The first kappa shape index (κ1) is 24.1. The predicted octanol–water partition coefficient (Wildman–Crippen LogP) is 3.32. The fourth-order valence-electron chi connectivity index (χ4n) is 3.51. The standard InChI is InChI=1S/C23H32N4O4S/c1-3-4-5-6-7-11-14-32-23-24-20-19(21(29)25-22(30)26(20)2)27(23)15-17(28)16-31-18-12-9-8-10-13-18/h8-10,12-13,17,28H,3-7,11,14-16H2,1-2H3,(H,25,29,30). The van der Waals surface area contributed by atoms with Gasteiger partial charge in [0.1, 0.15) is 18.5 Å². The highest BCUT2D eigenvalue weighted by atomic mass is 32.2. The van der Waals surface area contributed by atoms with Gasteiger partial charge in [-0.2, -0.15) is 0 Å². The van der Waals surface area contributed by atoms with E-state index in [4.69, 9.17) is 4.74 Å². The van der Waals surface area contributed by atoms with E-state index in [-0.39, 0.29) is 18.7 Å². The van der Waals surface area contributed by atoms with E-state index in [1.54, 1.807) is 23.4 Å². The van der Waals surface area contributed by atoms with Gasteiger partial charge in [-0.3, -0.25) is 14.3 Å². The number of unbranched alkanes of at least 4 members (excludes halogenated alkanes) is 5. The zero-order chi connectivity index (χ0) is 22.9. The summed E-state index contributed by atoms with van der Waals surface area (Å²) in [4.78, 5) is 31.5. The maximum atomic E-state index is 12.6. The van der Waals surface area contributed by atoms with Gasteiger partial charge in [0.25, 0.3) is 5.56 Å². The second kappa shape index (κ2) is 11.9. The molecule has 0 aliphatic rings. The van der Waals surface area contributed by atoms with Crippen LogP contribution in [0.25, 0.3) is 11.2 Å².